The summed E-state index contributed by atoms with van der Waals surface area (Å²) in [5.41, 5.74) is 0.633. The third-order valence-corrected chi connectivity index (χ3v) is 2.93. The fourth-order valence-electron chi connectivity index (χ4n) is 1.76. The first kappa shape index (κ1) is 24.2. The van der Waals surface area contributed by atoms with Crippen molar-refractivity contribution < 1.29 is 45.0 Å². The number of hydrogen-bond acceptors (Lipinski definition) is 4. The van der Waals surface area contributed by atoms with Crippen molar-refractivity contribution in [2.24, 2.45) is 0 Å². The van der Waals surface area contributed by atoms with Gasteiger partial charge in [0.1, 0.15) is 11.6 Å². The molecule has 0 heterocycles. The first-order chi connectivity index (χ1) is 12.2. The molecule has 0 aliphatic heterocycles. The van der Waals surface area contributed by atoms with Crippen LogP contribution in [0.1, 0.15) is 34.6 Å². The molecule has 145 valence electrons. The van der Waals surface area contributed by atoms with Crippen LogP contribution >= 0.6 is 0 Å². The normalized spacial score (nSPS) is 9.04. The van der Waals surface area contributed by atoms with Gasteiger partial charge in [-0.05, 0) is 38.1 Å². The summed E-state index contributed by atoms with van der Waals surface area (Å²) < 4.78 is 24.8. The van der Waals surface area contributed by atoms with E-state index in [2.05, 4.69) is 0 Å². The average molecular weight is 422 g/mol. The standard InChI is InChI=1S/2C10H8FO2.Cu/c2*1-7(12)6-10(13)8-2-4-9(11)5-3-8;/h2*2-6H,1H3;/q2*-1;+2. The number of benzene rings is 2. The molecule has 4 nitrogen and oxygen atoms in total. The second-order valence-corrected chi connectivity index (χ2v) is 5.25. The molecule has 0 fully saturated rings. The molecule has 27 heavy (non-hydrogen) atoms. The molecule has 0 spiro atoms. The Morgan fingerprint density at radius 1 is 0.630 bits per heavy atom. The Morgan fingerprint density at radius 2 is 0.889 bits per heavy atom. The van der Waals surface area contributed by atoms with Crippen LogP contribution in [-0.2, 0) is 26.7 Å². The molecule has 0 saturated carbocycles. The van der Waals surface area contributed by atoms with Crippen molar-refractivity contribution in [2.75, 3.05) is 0 Å². The van der Waals surface area contributed by atoms with Crippen molar-refractivity contribution in [2.45, 2.75) is 13.8 Å². The van der Waals surface area contributed by atoms with Crippen molar-refractivity contribution >= 4 is 23.1 Å². The van der Waals surface area contributed by atoms with Crippen LogP contribution in [0.5, 0.6) is 0 Å². The minimum Gasteiger partial charge on any atom is -0.331 e. The minimum absolute atomic E-state index is 0. The van der Waals surface area contributed by atoms with Crippen molar-refractivity contribution in [3.05, 3.63) is 84.1 Å². The number of halogens is 2. The van der Waals surface area contributed by atoms with Crippen LogP contribution in [0.3, 0.4) is 0 Å². The van der Waals surface area contributed by atoms with Crippen LogP contribution in [0, 0.1) is 24.5 Å². The molecule has 0 N–H and O–H groups in total. The van der Waals surface area contributed by atoms with Crippen molar-refractivity contribution in [1.29, 1.82) is 0 Å². The molecule has 0 aliphatic carbocycles. The van der Waals surface area contributed by atoms with Gasteiger partial charge < -0.3 is 19.2 Å². The maximum absolute atomic E-state index is 12.4. The predicted molar refractivity (Wildman–Crippen MR) is 91.4 cm³/mol. The summed E-state index contributed by atoms with van der Waals surface area (Å²) >= 11 is 0. The first-order valence-electron chi connectivity index (χ1n) is 7.49. The van der Waals surface area contributed by atoms with Gasteiger partial charge in [-0.3, -0.25) is 0 Å². The molecule has 0 aromatic heterocycles. The van der Waals surface area contributed by atoms with E-state index in [1.54, 1.807) is 0 Å². The topological polar surface area (TPSA) is 68.3 Å². The maximum atomic E-state index is 12.4. The Hall–Kier alpha value is -2.76. The smallest absolute Gasteiger partial charge is 0.331 e. The Labute approximate surface area is 166 Å². The SMILES string of the molecule is CC(=O)[CH-]C(=O)c1ccc(F)cc1.CC(=O)[CH-]C(=O)c1ccc(F)cc1.[Cu+2]. The third-order valence-electron chi connectivity index (χ3n) is 2.93. The van der Waals surface area contributed by atoms with Crippen LogP contribution in [0.25, 0.3) is 0 Å². The van der Waals surface area contributed by atoms with Crippen LogP contribution in [0.4, 0.5) is 8.78 Å². The zero-order chi connectivity index (χ0) is 19.7. The molecule has 0 unspecified atom stereocenters. The molecule has 1 radical (unpaired) electrons. The second-order valence-electron chi connectivity index (χ2n) is 5.25. The molecular formula is C20H16CuF2O4. The van der Waals surface area contributed by atoms with E-state index in [1.165, 1.54) is 62.4 Å². The van der Waals surface area contributed by atoms with Gasteiger partial charge in [-0.1, -0.05) is 0 Å². The Morgan fingerprint density at radius 3 is 1.11 bits per heavy atom. The van der Waals surface area contributed by atoms with Gasteiger partial charge in [0.15, 0.2) is 0 Å². The van der Waals surface area contributed by atoms with Crippen LogP contribution in [-0.4, -0.2) is 23.1 Å². The van der Waals surface area contributed by atoms with Crippen molar-refractivity contribution in [3.8, 4) is 0 Å². The van der Waals surface area contributed by atoms with Gasteiger partial charge >= 0.3 is 17.1 Å². The van der Waals surface area contributed by atoms with E-state index in [-0.39, 0.29) is 28.6 Å². The molecule has 2 rings (SSSR count). The third kappa shape index (κ3) is 9.49. The molecule has 2 aromatic rings. The van der Waals surface area contributed by atoms with Crippen molar-refractivity contribution in [3.63, 3.8) is 0 Å². The summed E-state index contributed by atoms with van der Waals surface area (Å²) in [5.74, 6) is -2.22. The molecular weight excluding hydrogens is 406 g/mol. The number of Topliss-reactive ketones (excluding diaryl/α,β-unsaturated/α-hetero) is 4. The molecule has 2 aromatic carbocycles. The van der Waals surface area contributed by atoms with E-state index in [0.717, 1.165) is 12.8 Å². The van der Waals surface area contributed by atoms with E-state index in [9.17, 15) is 28.0 Å². The Kier molecular flexibility index (Phi) is 10.6. The molecule has 0 aliphatic rings. The van der Waals surface area contributed by atoms with Gasteiger partial charge in [-0.2, -0.15) is 0 Å². The van der Waals surface area contributed by atoms with Crippen LogP contribution in [0.2, 0.25) is 0 Å². The van der Waals surface area contributed by atoms with Gasteiger partial charge in [0, 0.05) is 11.6 Å². The quantitative estimate of drug-likeness (QED) is 0.309. The molecule has 0 bridgehead atoms. The van der Waals surface area contributed by atoms with E-state index < -0.39 is 23.2 Å². The Bertz CT molecular complexity index is 730. The molecule has 0 saturated heterocycles. The summed E-state index contributed by atoms with van der Waals surface area (Å²) in [5, 5.41) is 0. The largest absolute Gasteiger partial charge is 2.00 e. The van der Waals surface area contributed by atoms with Crippen LogP contribution in [0.15, 0.2) is 48.5 Å². The van der Waals surface area contributed by atoms with Crippen LogP contribution < -0.4 is 0 Å². The Balaban J connectivity index is 0.000000483. The maximum Gasteiger partial charge on any atom is 2.00 e. The van der Waals surface area contributed by atoms with Gasteiger partial charge in [-0.15, -0.1) is 48.2 Å². The molecule has 0 amide bonds. The van der Waals surface area contributed by atoms with E-state index in [0.29, 0.717) is 11.1 Å². The summed E-state index contributed by atoms with van der Waals surface area (Å²) in [6, 6.07) is 10.1. The summed E-state index contributed by atoms with van der Waals surface area (Å²) in [4.78, 5) is 43.4. The predicted octanol–water partition coefficient (Wildman–Crippen LogP) is 3.60. The number of carbonyl (C=O) groups is 4. The monoisotopic (exact) mass is 421 g/mol. The average Bonchev–Trinajstić information content (AvgIpc) is 2.55. The second kappa shape index (κ2) is 11.8. The van der Waals surface area contributed by atoms with Gasteiger partial charge in [-0.25, -0.2) is 8.78 Å². The number of hydrogen-bond donors (Lipinski definition) is 0. The number of ketones is 4. The summed E-state index contributed by atoms with van der Waals surface area (Å²) in [7, 11) is 0. The summed E-state index contributed by atoms with van der Waals surface area (Å²) in [6.07, 6.45) is 1.96. The van der Waals surface area contributed by atoms with Crippen molar-refractivity contribution in [1.82, 2.24) is 0 Å². The number of carbonyl (C=O) groups excluding carboxylic acids is 4. The van der Waals surface area contributed by atoms with Gasteiger partial charge in [0.2, 0.25) is 0 Å². The van der Waals surface area contributed by atoms with E-state index in [1.807, 2.05) is 0 Å². The van der Waals surface area contributed by atoms with Gasteiger partial charge in [0.05, 0.1) is 11.6 Å². The minimum atomic E-state index is -0.403. The van der Waals surface area contributed by atoms with Gasteiger partial charge in [0.25, 0.3) is 0 Å². The molecule has 0 atom stereocenters. The fourth-order valence-corrected chi connectivity index (χ4v) is 1.76. The fraction of sp³-hybridized carbons (Fsp3) is 0.100. The zero-order valence-corrected chi connectivity index (χ0v) is 15.4. The first-order valence-corrected chi connectivity index (χ1v) is 7.49. The zero-order valence-electron chi connectivity index (χ0n) is 14.5. The van der Waals surface area contributed by atoms with E-state index >= 15 is 0 Å². The summed E-state index contributed by atoms with van der Waals surface area (Å²) in [6.45, 7) is 2.59. The number of rotatable bonds is 6. The molecule has 7 heteroatoms. The van der Waals surface area contributed by atoms with E-state index in [4.69, 9.17) is 0 Å².